The summed E-state index contributed by atoms with van der Waals surface area (Å²) in [4.78, 5) is 26.9. The van der Waals surface area contributed by atoms with Crippen molar-refractivity contribution in [3.63, 3.8) is 0 Å². The molecule has 2 atom stereocenters. The Labute approximate surface area is 215 Å². The predicted octanol–water partition coefficient (Wildman–Crippen LogP) is 7.06. The molecule has 1 N–H and O–H groups in total. The Morgan fingerprint density at radius 1 is 1.00 bits per heavy atom. The quantitative estimate of drug-likeness (QED) is 0.461. The van der Waals surface area contributed by atoms with Crippen molar-refractivity contribution in [2.75, 3.05) is 0 Å². The topological polar surface area (TPSA) is 66.8 Å². The number of fused-ring (bicyclic) bond motifs is 3. The minimum absolute atomic E-state index is 0.0218. The number of aliphatic carboxylic acids is 1. The lowest BCUT2D eigenvalue weighted by Gasteiger charge is -2.48. The van der Waals surface area contributed by atoms with Crippen LogP contribution < -0.4 is 4.74 Å². The number of amides is 1. The Morgan fingerprint density at radius 3 is 2.27 bits per heavy atom. The molecule has 3 fully saturated rings. The molecule has 2 aromatic carbocycles. The van der Waals surface area contributed by atoms with Gasteiger partial charge in [-0.25, -0.2) is 0 Å². The van der Waals surface area contributed by atoms with Crippen LogP contribution in [0.3, 0.4) is 0 Å². The van der Waals surface area contributed by atoms with Crippen LogP contribution in [0.2, 0.25) is 0 Å². The number of carboxylic acids is 1. The molecular weight excluding hydrogens is 483 g/mol. The molecule has 2 bridgehead atoms. The van der Waals surface area contributed by atoms with Gasteiger partial charge in [0.2, 0.25) is 0 Å². The fourth-order valence-electron chi connectivity index (χ4n) is 6.73. The van der Waals surface area contributed by atoms with Crippen molar-refractivity contribution < 1.29 is 32.6 Å². The van der Waals surface area contributed by atoms with Crippen molar-refractivity contribution in [3.05, 3.63) is 41.5 Å². The maximum absolute atomic E-state index is 14.3. The lowest BCUT2D eigenvalue weighted by atomic mass is 9.78. The number of hydrogen-bond acceptors (Lipinski definition) is 3. The van der Waals surface area contributed by atoms with Crippen molar-refractivity contribution in [2.45, 2.75) is 95.5 Å². The summed E-state index contributed by atoms with van der Waals surface area (Å²) in [5.74, 6) is -1.05. The molecule has 1 saturated carbocycles. The zero-order valence-electron chi connectivity index (χ0n) is 21.1. The number of carbonyl (C=O) groups excluding carboxylic acids is 1. The summed E-state index contributed by atoms with van der Waals surface area (Å²) in [5, 5.41) is 9.85. The molecule has 0 radical (unpaired) electrons. The number of rotatable bonds is 5. The smallest absolute Gasteiger partial charge is 0.420 e. The van der Waals surface area contributed by atoms with Gasteiger partial charge in [0, 0.05) is 17.6 Å². The molecule has 8 heteroatoms. The lowest BCUT2D eigenvalue weighted by Crippen LogP contribution is -2.55. The number of halogens is 3. The van der Waals surface area contributed by atoms with Crippen LogP contribution in [0.1, 0.15) is 87.1 Å². The van der Waals surface area contributed by atoms with Gasteiger partial charge in [0.25, 0.3) is 5.91 Å². The molecule has 3 aliphatic rings. The Hall–Kier alpha value is -2.77. The van der Waals surface area contributed by atoms with Crippen molar-refractivity contribution in [1.29, 1.82) is 0 Å². The molecule has 5 rings (SSSR count). The predicted molar refractivity (Wildman–Crippen MR) is 134 cm³/mol. The molecule has 2 saturated heterocycles. The standard InChI is InChI=1S/C29H34F3NO4/c1-2-17-6-10-23(11-7-17)37-25-13-9-18-14-19(8-12-24(18)26(25)29(30,31)32)27(34)33-21-4-3-5-22(33)16-20(15-21)28(35)36/h8-9,12-14,17,20-23H,2-7,10-11,15-16H2,1H3,(H,35,36)/t17-,20?,21?,22?,23+. The molecule has 5 nitrogen and oxygen atoms in total. The van der Waals surface area contributed by atoms with E-state index in [-0.39, 0.29) is 35.2 Å². The summed E-state index contributed by atoms with van der Waals surface area (Å²) in [6.45, 7) is 2.14. The third-order valence-corrected chi connectivity index (χ3v) is 8.74. The van der Waals surface area contributed by atoms with E-state index in [9.17, 15) is 27.9 Å². The number of nitrogens with zero attached hydrogens (tertiary/aromatic N) is 1. The average molecular weight is 518 g/mol. The normalized spacial score (nSPS) is 28.2. The fraction of sp³-hybridized carbons (Fsp3) is 0.586. The summed E-state index contributed by atoms with van der Waals surface area (Å²) in [6, 6.07) is 7.07. The van der Waals surface area contributed by atoms with Gasteiger partial charge >= 0.3 is 12.1 Å². The summed E-state index contributed by atoms with van der Waals surface area (Å²) < 4.78 is 48.7. The first-order chi connectivity index (χ1) is 17.7. The van der Waals surface area contributed by atoms with Gasteiger partial charge in [0.15, 0.2) is 0 Å². The Bertz CT molecular complexity index is 1160. The van der Waals surface area contributed by atoms with Crippen LogP contribution in [0.15, 0.2) is 30.3 Å². The molecule has 2 unspecified atom stereocenters. The number of benzene rings is 2. The summed E-state index contributed by atoms with van der Waals surface area (Å²) >= 11 is 0. The number of hydrogen-bond donors (Lipinski definition) is 1. The summed E-state index contributed by atoms with van der Waals surface area (Å²) in [6.07, 6.45) is 2.97. The average Bonchev–Trinajstić information content (AvgIpc) is 2.86. The van der Waals surface area contributed by atoms with Gasteiger partial charge in [0.05, 0.1) is 12.0 Å². The number of piperidine rings is 2. The van der Waals surface area contributed by atoms with E-state index in [1.165, 1.54) is 24.3 Å². The van der Waals surface area contributed by atoms with Crippen LogP contribution in [0.4, 0.5) is 13.2 Å². The minimum atomic E-state index is -4.60. The highest BCUT2D eigenvalue weighted by molar-refractivity contribution is 6.00. The second-order valence-electron chi connectivity index (χ2n) is 11.0. The Morgan fingerprint density at radius 2 is 1.68 bits per heavy atom. The lowest BCUT2D eigenvalue weighted by molar-refractivity contribution is -0.145. The van der Waals surface area contributed by atoms with Crippen molar-refractivity contribution in [3.8, 4) is 5.75 Å². The van der Waals surface area contributed by atoms with Crippen LogP contribution in [0, 0.1) is 11.8 Å². The van der Waals surface area contributed by atoms with E-state index in [1.54, 1.807) is 11.0 Å². The van der Waals surface area contributed by atoms with E-state index in [4.69, 9.17) is 4.74 Å². The van der Waals surface area contributed by atoms with Crippen molar-refractivity contribution >= 4 is 22.6 Å². The molecule has 37 heavy (non-hydrogen) atoms. The zero-order valence-corrected chi connectivity index (χ0v) is 21.1. The summed E-state index contributed by atoms with van der Waals surface area (Å²) in [7, 11) is 0. The molecule has 0 spiro atoms. The van der Waals surface area contributed by atoms with Crippen LogP contribution in [0.5, 0.6) is 5.75 Å². The maximum Gasteiger partial charge on any atom is 0.420 e. The molecule has 2 aliphatic heterocycles. The maximum atomic E-state index is 14.3. The summed E-state index contributed by atoms with van der Waals surface area (Å²) in [5.41, 5.74) is -0.460. The molecule has 1 aliphatic carbocycles. The third-order valence-electron chi connectivity index (χ3n) is 8.74. The van der Waals surface area contributed by atoms with Crippen LogP contribution >= 0.6 is 0 Å². The first kappa shape index (κ1) is 25.9. The van der Waals surface area contributed by atoms with Gasteiger partial charge in [-0.05, 0) is 92.7 Å². The molecule has 2 heterocycles. The van der Waals surface area contributed by atoms with Crippen LogP contribution in [-0.4, -0.2) is 40.1 Å². The van der Waals surface area contributed by atoms with E-state index < -0.39 is 23.6 Å². The van der Waals surface area contributed by atoms with Gasteiger partial charge in [-0.3, -0.25) is 9.59 Å². The van der Waals surface area contributed by atoms with E-state index in [0.29, 0.717) is 29.7 Å². The Balaban J connectivity index is 1.42. The largest absolute Gasteiger partial charge is 0.490 e. The third kappa shape index (κ3) is 5.16. The molecule has 0 aromatic heterocycles. The van der Waals surface area contributed by atoms with E-state index in [1.807, 2.05) is 0 Å². The van der Waals surface area contributed by atoms with Crippen molar-refractivity contribution in [1.82, 2.24) is 4.90 Å². The first-order valence-electron chi connectivity index (χ1n) is 13.5. The fourth-order valence-corrected chi connectivity index (χ4v) is 6.73. The zero-order chi connectivity index (χ0) is 26.3. The molecule has 1 amide bonds. The van der Waals surface area contributed by atoms with E-state index in [2.05, 4.69) is 6.92 Å². The molecule has 200 valence electrons. The van der Waals surface area contributed by atoms with E-state index in [0.717, 1.165) is 51.4 Å². The molecular formula is C29H34F3NO4. The number of carboxylic acid groups (broad SMARTS) is 1. The van der Waals surface area contributed by atoms with Crippen LogP contribution in [-0.2, 0) is 11.0 Å². The first-order valence-corrected chi connectivity index (χ1v) is 13.5. The Kier molecular flexibility index (Phi) is 7.12. The van der Waals surface area contributed by atoms with Gasteiger partial charge < -0.3 is 14.7 Å². The van der Waals surface area contributed by atoms with Gasteiger partial charge in [-0.2, -0.15) is 13.2 Å². The van der Waals surface area contributed by atoms with Gasteiger partial charge in [-0.1, -0.05) is 25.5 Å². The number of carbonyl (C=O) groups is 2. The molecule has 2 aromatic rings. The SMILES string of the molecule is CC[C@H]1CC[C@@H](Oc2ccc3cc(C(=O)N4C5CCCC4CC(C(=O)O)C5)ccc3c2C(F)(F)F)CC1. The highest BCUT2D eigenvalue weighted by Gasteiger charge is 2.43. The second-order valence-corrected chi connectivity index (χ2v) is 11.0. The van der Waals surface area contributed by atoms with Crippen LogP contribution in [0.25, 0.3) is 10.8 Å². The number of alkyl halides is 3. The van der Waals surface area contributed by atoms with E-state index >= 15 is 0 Å². The monoisotopic (exact) mass is 517 g/mol. The highest BCUT2D eigenvalue weighted by atomic mass is 19.4. The number of ether oxygens (including phenoxy) is 1. The van der Waals surface area contributed by atoms with Crippen molar-refractivity contribution in [2.24, 2.45) is 11.8 Å². The van der Waals surface area contributed by atoms with Gasteiger partial charge in [0.1, 0.15) is 11.3 Å². The second kappa shape index (κ2) is 10.2. The minimum Gasteiger partial charge on any atom is -0.490 e. The van der Waals surface area contributed by atoms with Gasteiger partial charge in [-0.15, -0.1) is 0 Å². The highest BCUT2D eigenvalue weighted by Crippen LogP contribution is 2.43.